The van der Waals surface area contributed by atoms with E-state index in [-0.39, 0.29) is 23.9 Å². The zero-order valence-electron chi connectivity index (χ0n) is 5.22. The second-order valence-electron chi connectivity index (χ2n) is 1.78. The fourth-order valence-electron chi connectivity index (χ4n) is 0.359. The van der Waals surface area contributed by atoms with Crippen LogP contribution in [0.4, 0.5) is 0 Å². The third-order valence-electron chi connectivity index (χ3n) is 0.803. The minimum absolute atomic E-state index is 0.0151. The standard InChI is InChI=1S/C5H10BrNO2/c1-4(3-8)7-5(9)2-6/h4,8H,2-3H2,1H3,(H,7,9)/t4-/m1/s1. The lowest BCUT2D eigenvalue weighted by Crippen LogP contribution is -2.35. The van der Waals surface area contributed by atoms with Crippen LogP contribution < -0.4 is 5.32 Å². The van der Waals surface area contributed by atoms with Crippen molar-refractivity contribution in [2.75, 3.05) is 11.9 Å². The van der Waals surface area contributed by atoms with E-state index in [0.717, 1.165) is 0 Å². The second kappa shape index (κ2) is 4.76. The average molecular weight is 196 g/mol. The number of halogens is 1. The van der Waals surface area contributed by atoms with Crippen molar-refractivity contribution in [3.63, 3.8) is 0 Å². The summed E-state index contributed by atoms with van der Waals surface area (Å²) < 4.78 is 0. The van der Waals surface area contributed by atoms with Crippen LogP contribution in [0.25, 0.3) is 0 Å². The molecule has 1 amide bonds. The third-order valence-corrected chi connectivity index (χ3v) is 1.31. The summed E-state index contributed by atoms with van der Waals surface area (Å²) in [6.07, 6.45) is 0. The predicted molar refractivity (Wildman–Crippen MR) is 38.5 cm³/mol. The van der Waals surface area contributed by atoms with Crippen molar-refractivity contribution >= 4 is 21.8 Å². The van der Waals surface area contributed by atoms with E-state index < -0.39 is 0 Å². The molecule has 0 rings (SSSR count). The SMILES string of the molecule is C[C@H](CO)NC(=O)CBr. The maximum atomic E-state index is 10.5. The van der Waals surface area contributed by atoms with Gasteiger partial charge in [-0.05, 0) is 6.92 Å². The maximum absolute atomic E-state index is 10.5. The summed E-state index contributed by atoms with van der Waals surface area (Å²) in [5, 5.41) is 11.3. The number of aliphatic hydroxyl groups excluding tert-OH is 1. The molecule has 2 N–H and O–H groups in total. The number of rotatable bonds is 3. The van der Waals surface area contributed by atoms with Gasteiger partial charge in [0.25, 0.3) is 0 Å². The highest BCUT2D eigenvalue weighted by Crippen LogP contribution is 1.82. The van der Waals surface area contributed by atoms with Crippen molar-refractivity contribution in [3.05, 3.63) is 0 Å². The van der Waals surface area contributed by atoms with Crippen molar-refractivity contribution in [2.24, 2.45) is 0 Å². The fourth-order valence-corrected chi connectivity index (χ4v) is 0.521. The molecule has 9 heavy (non-hydrogen) atoms. The summed E-state index contributed by atoms with van der Waals surface area (Å²) in [5.74, 6) is -0.100. The van der Waals surface area contributed by atoms with Gasteiger partial charge in [-0.2, -0.15) is 0 Å². The molecule has 0 saturated carbocycles. The molecule has 0 aromatic heterocycles. The topological polar surface area (TPSA) is 49.3 Å². The molecule has 3 nitrogen and oxygen atoms in total. The van der Waals surface area contributed by atoms with Gasteiger partial charge in [-0.25, -0.2) is 0 Å². The molecule has 0 aromatic carbocycles. The molecule has 0 spiro atoms. The van der Waals surface area contributed by atoms with Crippen LogP contribution in [0.3, 0.4) is 0 Å². The van der Waals surface area contributed by atoms with Gasteiger partial charge in [0.05, 0.1) is 11.9 Å². The summed E-state index contributed by atoms with van der Waals surface area (Å²) in [6, 6.07) is -0.143. The second-order valence-corrected chi connectivity index (χ2v) is 2.35. The molecular weight excluding hydrogens is 186 g/mol. The molecule has 1 atom stereocenters. The first-order valence-electron chi connectivity index (χ1n) is 2.67. The molecular formula is C5H10BrNO2. The van der Waals surface area contributed by atoms with Crippen LogP contribution in [0.2, 0.25) is 0 Å². The highest BCUT2D eigenvalue weighted by Gasteiger charge is 2.02. The first-order chi connectivity index (χ1) is 4.20. The van der Waals surface area contributed by atoms with Crippen LogP contribution in [0.1, 0.15) is 6.92 Å². The molecule has 54 valence electrons. The Morgan fingerprint density at radius 2 is 2.44 bits per heavy atom. The van der Waals surface area contributed by atoms with E-state index in [1.165, 1.54) is 0 Å². The normalized spacial score (nSPS) is 12.8. The number of nitrogens with one attached hydrogen (secondary N) is 1. The molecule has 0 fully saturated rings. The van der Waals surface area contributed by atoms with Gasteiger partial charge in [-0.1, -0.05) is 15.9 Å². The molecule has 4 heteroatoms. The smallest absolute Gasteiger partial charge is 0.230 e. The van der Waals surface area contributed by atoms with Crippen LogP contribution in [0.5, 0.6) is 0 Å². The zero-order valence-corrected chi connectivity index (χ0v) is 6.81. The van der Waals surface area contributed by atoms with Crippen LogP contribution in [0.15, 0.2) is 0 Å². The van der Waals surface area contributed by atoms with Gasteiger partial charge < -0.3 is 10.4 Å². The zero-order chi connectivity index (χ0) is 7.28. The molecule has 0 aliphatic heterocycles. The van der Waals surface area contributed by atoms with Gasteiger partial charge in [0, 0.05) is 6.04 Å². The Labute approximate surface area is 62.6 Å². The van der Waals surface area contributed by atoms with Crippen molar-refractivity contribution in [3.8, 4) is 0 Å². The summed E-state index contributed by atoms with van der Waals surface area (Å²) in [7, 11) is 0. The van der Waals surface area contributed by atoms with Gasteiger partial charge in [0.15, 0.2) is 0 Å². The van der Waals surface area contributed by atoms with E-state index in [9.17, 15) is 4.79 Å². The lowest BCUT2D eigenvalue weighted by molar-refractivity contribution is -0.119. The summed E-state index contributed by atoms with van der Waals surface area (Å²) in [6.45, 7) is 1.72. The summed E-state index contributed by atoms with van der Waals surface area (Å²) in [4.78, 5) is 10.5. The van der Waals surface area contributed by atoms with E-state index in [2.05, 4.69) is 21.2 Å². The highest BCUT2D eigenvalue weighted by molar-refractivity contribution is 9.09. The van der Waals surface area contributed by atoms with Gasteiger partial charge >= 0.3 is 0 Å². The van der Waals surface area contributed by atoms with E-state index in [1.54, 1.807) is 6.92 Å². The first kappa shape index (κ1) is 8.91. The van der Waals surface area contributed by atoms with Crippen LogP contribution >= 0.6 is 15.9 Å². The molecule has 0 unspecified atom stereocenters. The van der Waals surface area contributed by atoms with Gasteiger partial charge in [0.2, 0.25) is 5.91 Å². The summed E-state index contributed by atoms with van der Waals surface area (Å²) in [5.41, 5.74) is 0. The quantitative estimate of drug-likeness (QED) is 0.618. The first-order valence-corrected chi connectivity index (χ1v) is 3.79. The number of hydrogen-bond acceptors (Lipinski definition) is 2. The van der Waals surface area contributed by atoms with Gasteiger partial charge in [0.1, 0.15) is 0 Å². The molecule has 0 saturated heterocycles. The number of carbonyl (C=O) groups is 1. The Hall–Kier alpha value is -0.0900. The monoisotopic (exact) mass is 195 g/mol. The predicted octanol–water partition coefficient (Wildman–Crippen LogP) is -0.122. The number of amides is 1. The van der Waals surface area contributed by atoms with Gasteiger partial charge in [-0.15, -0.1) is 0 Å². The highest BCUT2D eigenvalue weighted by atomic mass is 79.9. The van der Waals surface area contributed by atoms with E-state index in [1.807, 2.05) is 0 Å². The lowest BCUT2D eigenvalue weighted by atomic mass is 10.4. The Balaban J connectivity index is 3.34. The van der Waals surface area contributed by atoms with E-state index in [0.29, 0.717) is 0 Å². The van der Waals surface area contributed by atoms with Crippen molar-refractivity contribution in [1.82, 2.24) is 5.32 Å². The lowest BCUT2D eigenvalue weighted by Gasteiger charge is -2.07. The molecule has 0 aliphatic carbocycles. The van der Waals surface area contributed by atoms with Crippen LogP contribution in [-0.4, -0.2) is 29.0 Å². The molecule has 0 radical (unpaired) electrons. The molecule has 0 aliphatic rings. The number of alkyl halides is 1. The Morgan fingerprint density at radius 1 is 1.89 bits per heavy atom. The number of aliphatic hydroxyl groups is 1. The Morgan fingerprint density at radius 3 is 2.78 bits per heavy atom. The third kappa shape index (κ3) is 4.42. The van der Waals surface area contributed by atoms with Crippen molar-refractivity contribution in [1.29, 1.82) is 0 Å². The molecule has 0 heterocycles. The molecule has 0 aromatic rings. The van der Waals surface area contributed by atoms with E-state index in [4.69, 9.17) is 5.11 Å². The van der Waals surface area contributed by atoms with Gasteiger partial charge in [-0.3, -0.25) is 4.79 Å². The summed E-state index contributed by atoms with van der Waals surface area (Å²) >= 11 is 2.98. The van der Waals surface area contributed by atoms with Crippen LogP contribution in [0, 0.1) is 0 Å². The van der Waals surface area contributed by atoms with Crippen molar-refractivity contribution in [2.45, 2.75) is 13.0 Å². The average Bonchev–Trinajstić information content (AvgIpc) is 1.87. The fraction of sp³-hybridized carbons (Fsp3) is 0.800. The van der Waals surface area contributed by atoms with E-state index >= 15 is 0 Å². The largest absolute Gasteiger partial charge is 0.394 e. The molecule has 0 bridgehead atoms. The number of hydrogen-bond donors (Lipinski definition) is 2. The maximum Gasteiger partial charge on any atom is 0.230 e. The Bertz CT molecular complexity index is 97.0. The Kier molecular flexibility index (Phi) is 4.71. The minimum atomic E-state index is -0.143. The number of carbonyl (C=O) groups excluding carboxylic acids is 1. The minimum Gasteiger partial charge on any atom is -0.394 e. The van der Waals surface area contributed by atoms with Crippen molar-refractivity contribution < 1.29 is 9.90 Å². The van der Waals surface area contributed by atoms with Crippen LogP contribution in [-0.2, 0) is 4.79 Å².